The summed E-state index contributed by atoms with van der Waals surface area (Å²) in [5.41, 5.74) is 2.27. The van der Waals surface area contributed by atoms with Crippen molar-refractivity contribution in [2.24, 2.45) is 0 Å². The van der Waals surface area contributed by atoms with Crippen molar-refractivity contribution in [3.8, 4) is 0 Å². The Balaban J connectivity index is 1.64. The highest BCUT2D eigenvalue weighted by atomic mass is 19.1. The van der Waals surface area contributed by atoms with E-state index >= 15 is 4.39 Å². The number of rotatable bonds is 4. The molecule has 0 atom stereocenters. The van der Waals surface area contributed by atoms with E-state index in [0.717, 1.165) is 42.8 Å². The Morgan fingerprint density at radius 1 is 1.07 bits per heavy atom. The van der Waals surface area contributed by atoms with Gasteiger partial charge in [0.15, 0.2) is 11.6 Å². The second kappa shape index (κ2) is 7.67. The molecule has 146 valence electrons. The first-order valence-corrected chi connectivity index (χ1v) is 9.54. The first kappa shape index (κ1) is 18.6. The van der Waals surface area contributed by atoms with Crippen molar-refractivity contribution in [3.63, 3.8) is 0 Å². The molecule has 1 fully saturated rings. The Bertz CT molecular complexity index is 979. The summed E-state index contributed by atoms with van der Waals surface area (Å²) in [5.74, 6) is 0.685. The number of piperazine rings is 1. The van der Waals surface area contributed by atoms with Crippen LogP contribution in [0.15, 0.2) is 36.5 Å². The summed E-state index contributed by atoms with van der Waals surface area (Å²) < 4.78 is 15.3. The number of fused-ring (bicyclic) bond motifs is 1. The number of anilines is 2. The van der Waals surface area contributed by atoms with Gasteiger partial charge in [-0.05, 0) is 26.1 Å². The van der Waals surface area contributed by atoms with Crippen LogP contribution in [0.25, 0.3) is 10.9 Å². The van der Waals surface area contributed by atoms with Crippen LogP contribution in [0.4, 0.5) is 15.9 Å². The Morgan fingerprint density at radius 3 is 2.61 bits per heavy atom. The van der Waals surface area contributed by atoms with Crippen LogP contribution in [0.1, 0.15) is 11.5 Å². The summed E-state index contributed by atoms with van der Waals surface area (Å²) in [5, 5.41) is 1.06. The zero-order valence-corrected chi connectivity index (χ0v) is 16.6. The Hall–Kier alpha value is -2.80. The van der Waals surface area contributed by atoms with Gasteiger partial charge in [-0.3, -0.25) is 4.98 Å². The summed E-state index contributed by atoms with van der Waals surface area (Å²) >= 11 is 0. The fraction of sp³-hybridized carbons (Fsp3) is 0.381. The third kappa shape index (κ3) is 3.62. The normalized spacial score (nSPS) is 15.2. The van der Waals surface area contributed by atoms with Crippen molar-refractivity contribution in [3.05, 3.63) is 53.9 Å². The lowest BCUT2D eigenvalue weighted by molar-refractivity contribution is 0.310. The molecule has 4 rings (SSSR count). The highest BCUT2D eigenvalue weighted by Gasteiger charge is 2.23. The molecule has 1 aromatic carbocycles. The molecule has 3 heterocycles. The van der Waals surface area contributed by atoms with Gasteiger partial charge in [0.25, 0.3) is 0 Å². The quantitative estimate of drug-likeness (QED) is 0.694. The summed E-state index contributed by atoms with van der Waals surface area (Å²) in [6.45, 7) is 5.52. The van der Waals surface area contributed by atoms with Crippen LogP contribution in [0, 0.1) is 12.7 Å². The van der Waals surface area contributed by atoms with E-state index in [4.69, 9.17) is 0 Å². The minimum absolute atomic E-state index is 0.324. The van der Waals surface area contributed by atoms with E-state index in [-0.39, 0.29) is 5.82 Å². The Kier molecular flexibility index (Phi) is 5.09. The van der Waals surface area contributed by atoms with Crippen LogP contribution < -0.4 is 9.80 Å². The van der Waals surface area contributed by atoms with Gasteiger partial charge in [0.1, 0.15) is 11.5 Å². The maximum Gasteiger partial charge on any atom is 0.188 e. The number of hydrogen-bond acceptors (Lipinski definition) is 6. The number of aryl methyl sites for hydroxylation is 1. The van der Waals surface area contributed by atoms with Gasteiger partial charge in [-0.2, -0.15) is 0 Å². The maximum absolute atomic E-state index is 15.3. The Morgan fingerprint density at radius 2 is 1.82 bits per heavy atom. The number of likely N-dealkylation sites (N-methyl/N-ethyl adjacent to an activating group) is 1. The zero-order chi connectivity index (χ0) is 19.7. The van der Waals surface area contributed by atoms with Gasteiger partial charge in [-0.25, -0.2) is 14.4 Å². The van der Waals surface area contributed by atoms with Crippen molar-refractivity contribution < 1.29 is 4.39 Å². The fourth-order valence-corrected chi connectivity index (χ4v) is 3.64. The average Bonchev–Trinajstić information content (AvgIpc) is 2.70. The number of benzene rings is 1. The van der Waals surface area contributed by atoms with E-state index in [0.29, 0.717) is 23.9 Å². The SMILES string of the molecule is Cc1nc(CN(C)c2cccc3cccnc23)c(F)c(N2CCN(C)CC2)n1. The minimum Gasteiger partial charge on any atom is -0.367 e. The van der Waals surface area contributed by atoms with Crippen LogP contribution in [-0.2, 0) is 6.54 Å². The van der Waals surface area contributed by atoms with Gasteiger partial charge in [0.05, 0.1) is 17.7 Å². The monoisotopic (exact) mass is 380 g/mol. The number of pyridine rings is 1. The zero-order valence-electron chi connectivity index (χ0n) is 16.6. The summed E-state index contributed by atoms with van der Waals surface area (Å²) in [4.78, 5) is 19.6. The van der Waals surface area contributed by atoms with E-state index in [9.17, 15) is 0 Å². The average molecular weight is 380 g/mol. The van der Waals surface area contributed by atoms with Crippen LogP contribution >= 0.6 is 0 Å². The molecule has 7 heteroatoms. The van der Waals surface area contributed by atoms with Crippen molar-refractivity contribution >= 4 is 22.4 Å². The van der Waals surface area contributed by atoms with Crippen LogP contribution in [0.2, 0.25) is 0 Å². The lowest BCUT2D eigenvalue weighted by Gasteiger charge is -2.33. The molecule has 28 heavy (non-hydrogen) atoms. The Labute approximate surface area is 164 Å². The molecular weight excluding hydrogens is 355 g/mol. The van der Waals surface area contributed by atoms with E-state index in [1.165, 1.54) is 0 Å². The largest absolute Gasteiger partial charge is 0.367 e. The van der Waals surface area contributed by atoms with Crippen LogP contribution in [0.3, 0.4) is 0 Å². The molecule has 0 N–H and O–H groups in total. The number of nitrogens with zero attached hydrogens (tertiary/aromatic N) is 6. The summed E-state index contributed by atoms with van der Waals surface area (Å²) in [6.07, 6.45) is 1.78. The van der Waals surface area contributed by atoms with Crippen molar-refractivity contribution in [1.29, 1.82) is 0 Å². The van der Waals surface area contributed by atoms with Gasteiger partial charge in [-0.1, -0.05) is 18.2 Å². The highest BCUT2D eigenvalue weighted by Crippen LogP contribution is 2.27. The molecule has 1 saturated heterocycles. The van der Waals surface area contributed by atoms with Crippen LogP contribution in [0.5, 0.6) is 0 Å². The van der Waals surface area contributed by atoms with Crippen LogP contribution in [-0.4, -0.2) is 60.1 Å². The lowest BCUT2D eigenvalue weighted by atomic mass is 10.1. The lowest BCUT2D eigenvalue weighted by Crippen LogP contribution is -2.45. The molecule has 0 saturated carbocycles. The molecule has 0 spiro atoms. The molecule has 0 amide bonds. The molecular formula is C21H25FN6. The molecule has 1 aliphatic rings. The summed E-state index contributed by atoms with van der Waals surface area (Å²) in [7, 11) is 4.02. The topological polar surface area (TPSA) is 48.4 Å². The number of para-hydroxylation sites is 1. The smallest absolute Gasteiger partial charge is 0.188 e. The summed E-state index contributed by atoms with van der Waals surface area (Å²) in [6, 6.07) is 9.97. The number of halogens is 1. The molecule has 6 nitrogen and oxygen atoms in total. The van der Waals surface area contributed by atoms with Gasteiger partial charge in [0.2, 0.25) is 0 Å². The molecule has 0 aliphatic carbocycles. The molecule has 0 radical (unpaired) electrons. The third-order valence-electron chi connectivity index (χ3n) is 5.23. The molecule has 2 aromatic heterocycles. The second-order valence-corrected chi connectivity index (χ2v) is 7.35. The fourth-order valence-electron chi connectivity index (χ4n) is 3.64. The standard InChI is InChI=1S/C21H25FN6/c1-15-24-17(19(22)21(25-15)28-12-10-26(2)11-13-28)14-27(3)18-8-4-6-16-7-5-9-23-20(16)18/h4-9H,10-14H2,1-3H3. The highest BCUT2D eigenvalue weighted by molar-refractivity contribution is 5.90. The molecule has 0 bridgehead atoms. The van der Waals surface area contributed by atoms with Crippen molar-refractivity contribution in [2.75, 3.05) is 50.1 Å². The van der Waals surface area contributed by atoms with E-state index < -0.39 is 0 Å². The van der Waals surface area contributed by atoms with E-state index in [1.54, 1.807) is 6.20 Å². The molecule has 3 aromatic rings. The predicted octanol–water partition coefficient (Wildman–Crippen LogP) is 2.86. The van der Waals surface area contributed by atoms with Gasteiger partial charge in [0, 0.05) is 44.8 Å². The van der Waals surface area contributed by atoms with E-state index in [2.05, 4.69) is 26.9 Å². The minimum atomic E-state index is -0.324. The van der Waals surface area contributed by atoms with Crippen molar-refractivity contribution in [2.45, 2.75) is 13.5 Å². The predicted molar refractivity (Wildman–Crippen MR) is 110 cm³/mol. The molecule has 0 unspecified atom stereocenters. The van der Waals surface area contributed by atoms with Crippen molar-refractivity contribution in [1.82, 2.24) is 19.9 Å². The van der Waals surface area contributed by atoms with E-state index in [1.807, 2.05) is 54.1 Å². The molecule has 1 aliphatic heterocycles. The number of aromatic nitrogens is 3. The maximum atomic E-state index is 15.3. The third-order valence-corrected chi connectivity index (χ3v) is 5.23. The van der Waals surface area contributed by atoms with Gasteiger partial charge < -0.3 is 14.7 Å². The first-order chi connectivity index (χ1) is 13.5. The second-order valence-electron chi connectivity index (χ2n) is 7.35. The van der Waals surface area contributed by atoms with Gasteiger partial charge in [-0.15, -0.1) is 0 Å². The first-order valence-electron chi connectivity index (χ1n) is 9.54. The van der Waals surface area contributed by atoms with Gasteiger partial charge >= 0.3 is 0 Å². The number of hydrogen-bond donors (Lipinski definition) is 0.